The molecule has 0 spiro atoms. The summed E-state index contributed by atoms with van der Waals surface area (Å²) < 4.78 is 14.2. The van der Waals surface area contributed by atoms with Crippen molar-refractivity contribution in [3.63, 3.8) is 0 Å². The number of carbonyl (C=O) groups excluding carboxylic acids is 2. The van der Waals surface area contributed by atoms with Crippen LogP contribution in [0.2, 0.25) is 0 Å². The average Bonchev–Trinajstić information content (AvgIpc) is 2.73. The molecule has 1 N–H and O–H groups in total. The maximum absolute atomic E-state index is 13.2. The maximum Gasteiger partial charge on any atom is 0.254 e. The highest BCUT2D eigenvalue weighted by molar-refractivity contribution is 9.10. The first kappa shape index (κ1) is 20.5. The van der Waals surface area contributed by atoms with Gasteiger partial charge < -0.3 is 15.1 Å². The predicted octanol–water partition coefficient (Wildman–Crippen LogP) is 3.05. The van der Waals surface area contributed by atoms with Crippen molar-refractivity contribution >= 4 is 27.7 Å². The Labute approximate surface area is 172 Å². The molecule has 3 rings (SSSR count). The van der Waals surface area contributed by atoms with Crippen LogP contribution in [0.4, 0.5) is 4.39 Å². The van der Waals surface area contributed by atoms with E-state index in [2.05, 4.69) is 21.2 Å². The van der Waals surface area contributed by atoms with E-state index in [0.717, 1.165) is 23.1 Å². The summed E-state index contributed by atoms with van der Waals surface area (Å²) >= 11 is 3.41. The van der Waals surface area contributed by atoms with Crippen molar-refractivity contribution in [3.05, 3.63) is 69.9 Å². The summed E-state index contributed by atoms with van der Waals surface area (Å²) in [5, 5.41) is 3.22. The zero-order chi connectivity index (χ0) is 19.9. The van der Waals surface area contributed by atoms with Crippen LogP contribution in [0.3, 0.4) is 0 Å². The minimum Gasteiger partial charge on any atom is -0.340 e. The molecule has 0 unspecified atom stereocenters. The molecule has 28 heavy (non-hydrogen) atoms. The molecule has 0 bridgehead atoms. The Hall–Kier alpha value is -2.25. The number of amides is 2. The van der Waals surface area contributed by atoms with E-state index in [1.54, 1.807) is 4.90 Å². The molecule has 148 valence electrons. The van der Waals surface area contributed by atoms with Gasteiger partial charge >= 0.3 is 0 Å². The lowest BCUT2D eigenvalue weighted by Crippen LogP contribution is -2.47. The molecule has 1 aliphatic rings. The van der Waals surface area contributed by atoms with E-state index in [1.165, 1.54) is 24.3 Å². The third kappa shape index (κ3) is 5.62. The first-order valence-corrected chi connectivity index (χ1v) is 10.1. The molecular weight excluding hydrogens is 425 g/mol. The largest absolute Gasteiger partial charge is 0.340 e. The number of piperazine rings is 1. The molecule has 2 amide bonds. The molecule has 1 aliphatic heterocycles. The van der Waals surface area contributed by atoms with Crippen LogP contribution in [0.25, 0.3) is 0 Å². The van der Waals surface area contributed by atoms with Crippen molar-refractivity contribution in [2.45, 2.75) is 13.0 Å². The molecule has 1 saturated heterocycles. The van der Waals surface area contributed by atoms with Crippen molar-refractivity contribution in [2.75, 3.05) is 32.7 Å². The number of nitrogens with one attached hydrogen (secondary N) is 1. The molecule has 0 atom stereocenters. The van der Waals surface area contributed by atoms with E-state index in [9.17, 15) is 14.0 Å². The van der Waals surface area contributed by atoms with Crippen LogP contribution in [0, 0.1) is 5.82 Å². The van der Waals surface area contributed by atoms with Crippen LogP contribution in [0.5, 0.6) is 0 Å². The Morgan fingerprint density at radius 1 is 1.04 bits per heavy atom. The second-order valence-corrected chi connectivity index (χ2v) is 7.66. The van der Waals surface area contributed by atoms with E-state index in [0.29, 0.717) is 31.7 Å². The summed E-state index contributed by atoms with van der Waals surface area (Å²) in [6.07, 6.45) is 0.267. The number of rotatable bonds is 6. The van der Waals surface area contributed by atoms with Crippen LogP contribution in [-0.4, -0.2) is 54.3 Å². The Morgan fingerprint density at radius 2 is 1.68 bits per heavy atom. The maximum atomic E-state index is 13.2. The van der Waals surface area contributed by atoms with Gasteiger partial charge in [0.25, 0.3) is 5.91 Å². The number of benzene rings is 2. The van der Waals surface area contributed by atoms with Gasteiger partial charge in [0.1, 0.15) is 5.82 Å². The summed E-state index contributed by atoms with van der Waals surface area (Å²) in [6.45, 7) is 3.67. The number of halogens is 2. The molecule has 0 radical (unpaired) electrons. The van der Waals surface area contributed by atoms with Gasteiger partial charge in [0.15, 0.2) is 0 Å². The van der Waals surface area contributed by atoms with Gasteiger partial charge in [-0.15, -0.1) is 0 Å². The highest BCUT2D eigenvalue weighted by Gasteiger charge is 2.21. The number of hydrogen-bond donors (Lipinski definition) is 1. The fourth-order valence-corrected chi connectivity index (χ4v) is 3.40. The monoisotopic (exact) mass is 447 g/mol. The highest BCUT2D eigenvalue weighted by atomic mass is 79.9. The number of nitrogens with zero attached hydrogens (tertiary/aromatic N) is 2. The molecule has 1 fully saturated rings. The van der Waals surface area contributed by atoms with Crippen molar-refractivity contribution < 1.29 is 14.0 Å². The minimum atomic E-state index is -0.384. The normalized spacial score (nSPS) is 14.0. The first-order chi connectivity index (χ1) is 13.5. The van der Waals surface area contributed by atoms with Gasteiger partial charge in [-0.25, -0.2) is 4.39 Å². The fourth-order valence-electron chi connectivity index (χ4n) is 3.14. The Bertz CT molecular complexity index is 805. The summed E-state index contributed by atoms with van der Waals surface area (Å²) in [6, 6.07) is 13.2. The van der Waals surface area contributed by atoms with Crippen LogP contribution >= 0.6 is 15.9 Å². The Morgan fingerprint density at radius 3 is 2.32 bits per heavy atom. The van der Waals surface area contributed by atoms with Gasteiger partial charge in [-0.05, 0) is 42.0 Å². The molecule has 2 aromatic rings. The zero-order valence-electron chi connectivity index (χ0n) is 15.5. The third-order valence-corrected chi connectivity index (χ3v) is 5.26. The zero-order valence-corrected chi connectivity index (χ0v) is 17.1. The van der Waals surface area contributed by atoms with E-state index in [4.69, 9.17) is 0 Å². The quantitative estimate of drug-likeness (QED) is 0.740. The lowest BCUT2D eigenvalue weighted by molar-refractivity contribution is -0.132. The lowest BCUT2D eigenvalue weighted by atomic mass is 10.1. The second-order valence-electron chi connectivity index (χ2n) is 6.74. The van der Waals surface area contributed by atoms with Crippen molar-refractivity contribution in [3.8, 4) is 0 Å². The highest BCUT2D eigenvalue weighted by Crippen LogP contribution is 2.15. The van der Waals surface area contributed by atoms with Gasteiger partial charge in [-0.2, -0.15) is 0 Å². The van der Waals surface area contributed by atoms with Crippen LogP contribution in [-0.2, 0) is 11.3 Å². The summed E-state index contributed by atoms with van der Waals surface area (Å²) in [5.74, 6) is -0.546. The van der Waals surface area contributed by atoms with Crippen LogP contribution in [0.15, 0.2) is 53.0 Å². The van der Waals surface area contributed by atoms with Crippen LogP contribution < -0.4 is 5.32 Å². The van der Waals surface area contributed by atoms with E-state index < -0.39 is 0 Å². The Kier molecular flexibility index (Phi) is 7.17. The van der Waals surface area contributed by atoms with E-state index >= 15 is 0 Å². The van der Waals surface area contributed by atoms with Gasteiger partial charge in [-0.3, -0.25) is 9.59 Å². The lowest BCUT2D eigenvalue weighted by Gasteiger charge is -2.29. The second kappa shape index (κ2) is 9.80. The van der Waals surface area contributed by atoms with Gasteiger partial charge in [0.05, 0.1) is 0 Å². The SMILES string of the molecule is O=C(CCN(Cc1ccc(Br)cc1)C(=O)c1ccc(F)cc1)N1CCNCC1. The first-order valence-electron chi connectivity index (χ1n) is 9.31. The van der Waals surface area contributed by atoms with E-state index in [-0.39, 0.29) is 24.1 Å². The Balaban J connectivity index is 1.71. The molecule has 5 nitrogen and oxygen atoms in total. The standard InChI is InChI=1S/C21H23BrFN3O2/c22-18-5-1-16(2-6-18)15-26(21(28)17-3-7-19(23)8-4-17)12-9-20(27)25-13-10-24-11-14-25/h1-8,24H,9-15H2. The van der Waals surface area contributed by atoms with Crippen molar-refractivity contribution in [1.82, 2.24) is 15.1 Å². The van der Waals surface area contributed by atoms with Crippen molar-refractivity contribution in [1.29, 1.82) is 0 Å². The van der Waals surface area contributed by atoms with Gasteiger partial charge in [-0.1, -0.05) is 28.1 Å². The molecular formula is C21H23BrFN3O2. The summed E-state index contributed by atoms with van der Waals surface area (Å²) in [4.78, 5) is 29.0. The minimum absolute atomic E-state index is 0.0502. The molecule has 0 saturated carbocycles. The van der Waals surface area contributed by atoms with Crippen LogP contribution in [0.1, 0.15) is 22.3 Å². The molecule has 0 aromatic heterocycles. The van der Waals surface area contributed by atoms with E-state index in [1.807, 2.05) is 29.2 Å². The topological polar surface area (TPSA) is 52.7 Å². The van der Waals surface area contributed by atoms with Gasteiger partial charge in [0, 0.05) is 55.7 Å². The summed E-state index contributed by atoms with van der Waals surface area (Å²) in [5.41, 5.74) is 1.38. The third-order valence-electron chi connectivity index (χ3n) is 4.73. The fraction of sp³-hybridized carbons (Fsp3) is 0.333. The average molecular weight is 448 g/mol. The molecule has 7 heteroatoms. The molecule has 0 aliphatic carbocycles. The molecule has 1 heterocycles. The molecule has 2 aromatic carbocycles. The smallest absolute Gasteiger partial charge is 0.254 e. The van der Waals surface area contributed by atoms with Gasteiger partial charge in [0.2, 0.25) is 5.91 Å². The number of carbonyl (C=O) groups is 2. The predicted molar refractivity (Wildman–Crippen MR) is 109 cm³/mol. The van der Waals surface area contributed by atoms with Crippen molar-refractivity contribution in [2.24, 2.45) is 0 Å². The summed E-state index contributed by atoms with van der Waals surface area (Å²) in [7, 11) is 0. The number of hydrogen-bond acceptors (Lipinski definition) is 3.